The Morgan fingerprint density at radius 3 is 2.09 bits per heavy atom. The van der Waals surface area contributed by atoms with Crippen molar-refractivity contribution < 1.29 is 59.3 Å². The van der Waals surface area contributed by atoms with Gasteiger partial charge in [0, 0.05) is 19.1 Å². The zero-order valence-electron chi connectivity index (χ0n) is 18.5. The van der Waals surface area contributed by atoms with Crippen LogP contribution in [-0.4, -0.2) is 116 Å². The molecule has 0 radical (unpaired) electrons. The number of hydrogen-bond donors (Lipinski definition) is 7. The van der Waals surface area contributed by atoms with Crippen molar-refractivity contribution in [3.05, 3.63) is 34.4 Å². The molecular formula is C20H28N2O13. The third-order valence-corrected chi connectivity index (χ3v) is 5.66. The van der Waals surface area contributed by atoms with Crippen molar-refractivity contribution in [1.29, 1.82) is 0 Å². The van der Waals surface area contributed by atoms with Gasteiger partial charge in [0.05, 0.1) is 18.1 Å². The van der Waals surface area contributed by atoms with E-state index in [2.05, 4.69) is 5.32 Å². The topological polar surface area (TPSA) is 231 Å². The number of rotatable bonds is 8. The predicted molar refractivity (Wildman–Crippen MR) is 112 cm³/mol. The number of aliphatic hydroxyl groups is 6. The van der Waals surface area contributed by atoms with Gasteiger partial charge in [0.15, 0.2) is 6.29 Å². The summed E-state index contributed by atoms with van der Waals surface area (Å²) in [5.41, 5.74) is -0.201. The van der Waals surface area contributed by atoms with E-state index in [1.807, 2.05) is 0 Å². The number of non-ortho nitro benzene ring substituents is 1. The first-order valence-corrected chi connectivity index (χ1v) is 10.7. The summed E-state index contributed by atoms with van der Waals surface area (Å²) < 4.78 is 22.3. The van der Waals surface area contributed by atoms with Crippen LogP contribution in [0.3, 0.4) is 0 Å². The average molecular weight is 504 g/mol. The Balaban J connectivity index is 1.88. The number of nitrogens with zero attached hydrogens (tertiary/aromatic N) is 1. The molecule has 0 bridgehead atoms. The number of amides is 1. The molecular weight excluding hydrogens is 476 g/mol. The van der Waals surface area contributed by atoms with Gasteiger partial charge in [-0.15, -0.1) is 0 Å². The van der Waals surface area contributed by atoms with E-state index in [9.17, 15) is 45.5 Å². The van der Waals surface area contributed by atoms with Crippen molar-refractivity contribution in [2.75, 3.05) is 13.2 Å². The van der Waals surface area contributed by atoms with Crippen LogP contribution in [0.2, 0.25) is 0 Å². The van der Waals surface area contributed by atoms with Crippen molar-refractivity contribution >= 4 is 11.6 Å². The standard InChI is InChI=1S/C20H28N2O13/c1-8(25)21-13-18(35-20-17(29)16(28)14(26)11(6-23)34-20)15(27)12(7-24)33-19(13)32-10-4-2-9(3-5-10)22(30)31/h2-5,11-20,23-24,26-29H,6-7H2,1H3,(H,21,25)/t11-,12-,13-,14+,15+,16+,17-,18-,19+,20+/m1/s1. The summed E-state index contributed by atoms with van der Waals surface area (Å²) in [6, 6.07) is 3.63. The number of carbonyl (C=O) groups is 1. The van der Waals surface area contributed by atoms with Crippen molar-refractivity contribution in [3.8, 4) is 5.75 Å². The Hall–Kier alpha value is -2.47. The second kappa shape index (κ2) is 11.5. The van der Waals surface area contributed by atoms with Gasteiger partial charge in [-0.1, -0.05) is 0 Å². The molecule has 2 aliphatic rings. The molecule has 0 aromatic heterocycles. The normalized spacial score (nSPS) is 37.5. The van der Waals surface area contributed by atoms with E-state index in [1.165, 1.54) is 31.2 Å². The molecule has 0 saturated carbocycles. The zero-order valence-corrected chi connectivity index (χ0v) is 18.5. The predicted octanol–water partition coefficient (Wildman–Crippen LogP) is -3.26. The Morgan fingerprint density at radius 1 is 0.971 bits per heavy atom. The number of aliphatic hydroxyl groups excluding tert-OH is 6. The lowest BCUT2D eigenvalue weighted by molar-refractivity contribution is -0.384. The summed E-state index contributed by atoms with van der Waals surface area (Å²) >= 11 is 0. The maximum absolute atomic E-state index is 11.9. The fourth-order valence-corrected chi connectivity index (χ4v) is 3.83. The number of hydrogen-bond acceptors (Lipinski definition) is 13. The molecule has 7 N–H and O–H groups in total. The Kier molecular flexibility index (Phi) is 8.92. The highest BCUT2D eigenvalue weighted by Crippen LogP contribution is 2.31. The first kappa shape index (κ1) is 27.1. The largest absolute Gasteiger partial charge is 0.463 e. The van der Waals surface area contributed by atoms with Crippen LogP contribution < -0.4 is 10.1 Å². The molecule has 196 valence electrons. The molecule has 35 heavy (non-hydrogen) atoms. The Bertz CT molecular complexity index is 869. The molecule has 0 unspecified atom stereocenters. The number of nitrogens with one attached hydrogen (secondary N) is 1. The molecule has 10 atom stereocenters. The fourth-order valence-electron chi connectivity index (χ4n) is 3.83. The number of carbonyl (C=O) groups excluding carboxylic acids is 1. The Labute approximate surface area is 198 Å². The zero-order chi connectivity index (χ0) is 25.9. The maximum atomic E-state index is 11.9. The van der Waals surface area contributed by atoms with Crippen LogP contribution in [0.5, 0.6) is 5.75 Å². The lowest BCUT2D eigenvalue weighted by atomic mass is 9.95. The second-order valence-corrected chi connectivity index (χ2v) is 8.11. The van der Waals surface area contributed by atoms with Gasteiger partial charge >= 0.3 is 0 Å². The first-order valence-electron chi connectivity index (χ1n) is 10.7. The molecule has 3 rings (SSSR count). The molecule has 2 heterocycles. The van der Waals surface area contributed by atoms with Gasteiger partial charge in [0.1, 0.15) is 54.5 Å². The lowest BCUT2D eigenvalue weighted by Gasteiger charge is -2.47. The van der Waals surface area contributed by atoms with E-state index in [4.69, 9.17) is 18.9 Å². The molecule has 15 heteroatoms. The summed E-state index contributed by atoms with van der Waals surface area (Å²) in [6.45, 7) is -0.262. The smallest absolute Gasteiger partial charge is 0.269 e. The maximum Gasteiger partial charge on any atom is 0.269 e. The molecule has 1 amide bonds. The molecule has 1 aromatic carbocycles. The highest BCUT2D eigenvalue weighted by Gasteiger charge is 2.52. The number of nitro groups is 1. The quantitative estimate of drug-likeness (QED) is 0.136. The van der Waals surface area contributed by atoms with Crippen LogP contribution in [0, 0.1) is 10.1 Å². The van der Waals surface area contributed by atoms with Crippen molar-refractivity contribution in [3.63, 3.8) is 0 Å². The van der Waals surface area contributed by atoms with E-state index in [0.29, 0.717) is 0 Å². The van der Waals surface area contributed by atoms with Crippen LogP contribution in [-0.2, 0) is 19.0 Å². The molecule has 0 spiro atoms. The van der Waals surface area contributed by atoms with E-state index in [1.54, 1.807) is 0 Å². The minimum atomic E-state index is -1.80. The van der Waals surface area contributed by atoms with E-state index < -0.39 is 85.4 Å². The van der Waals surface area contributed by atoms with E-state index in [-0.39, 0.29) is 11.4 Å². The fraction of sp³-hybridized carbons (Fsp3) is 0.650. The van der Waals surface area contributed by atoms with Crippen molar-refractivity contribution in [1.82, 2.24) is 5.32 Å². The SMILES string of the molecule is CC(=O)N[C@H]1[C@@H](Oc2ccc([N+](=O)[O-])cc2)O[C@H](CO)[C@H](O)[C@@H]1O[C@@H]1O[C@H](CO)[C@H](O)[C@H](O)[C@H]1O. The van der Waals surface area contributed by atoms with Crippen LogP contribution in [0.15, 0.2) is 24.3 Å². The number of nitro benzene ring substituents is 1. The van der Waals surface area contributed by atoms with Crippen LogP contribution >= 0.6 is 0 Å². The highest BCUT2D eigenvalue weighted by atomic mass is 16.7. The summed E-state index contributed by atoms with van der Waals surface area (Å²) in [5.74, 6) is -0.497. The van der Waals surface area contributed by atoms with Gasteiger partial charge in [0.2, 0.25) is 12.2 Å². The summed E-state index contributed by atoms with van der Waals surface area (Å²) in [6.07, 6.45) is -13.9. The molecule has 15 nitrogen and oxygen atoms in total. The van der Waals surface area contributed by atoms with Crippen LogP contribution in [0.4, 0.5) is 5.69 Å². The molecule has 2 saturated heterocycles. The van der Waals surface area contributed by atoms with E-state index >= 15 is 0 Å². The average Bonchev–Trinajstić information content (AvgIpc) is 2.82. The van der Waals surface area contributed by atoms with Gasteiger partial charge < -0.3 is 54.9 Å². The first-order chi connectivity index (χ1) is 16.6. The number of ether oxygens (including phenoxy) is 4. The minimum Gasteiger partial charge on any atom is -0.463 e. The number of benzene rings is 1. The molecule has 0 aliphatic carbocycles. The third-order valence-electron chi connectivity index (χ3n) is 5.66. The summed E-state index contributed by atoms with van der Waals surface area (Å²) in [4.78, 5) is 22.2. The molecule has 1 aromatic rings. The minimum absolute atomic E-state index is 0.0932. The molecule has 2 fully saturated rings. The Morgan fingerprint density at radius 2 is 1.54 bits per heavy atom. The molecule has 2 aliphatic heterocycles. The van der Waals surface area contributed by atoms with Gasteiger partial charge in [0.25, 0.3) is 5.69 Å². The lowest BCUT2D eigenvalue weighted by Crippen LogP contribution is -2.68. The van der Waals surface area contributed by atoms with Crippen molar-refractivity contribution in [2.24, 2.45) is 0 Å². The summed E-state index contributed by atoms with van der Waals surface area (Å²) in [7, 11) is 0. The van der Waals surface area contributed by atoms with Gasteiger partial charge in [-0.25, -0.2) is 0 Å². The van der Waals surface area contributed by atoms with Crippen LogP contribution in [0.1, 0.15) is 6.92 Å². The van der Waals surface area contributed by atoms with Crippen LogP contribution in [0.25, 0.3) is 0 Å². The highest BCUT2D eigenvalue weighted by molar-refractivity contribution is 5.73. The summed E-state index contributed by atoms with van der Waals surface area (Å²) in [5, 5.41) is 73.6. The monoisotopic (exact) mass is 504 g/mol. The van der Waals surface area contributed by atoms with E-state index in [0.717, 1.165) is 0 Å². The van der Waals surface area contributed by atoms with Gasteiger partial charge in [-0.2, -0.15) is 0 Å². The van der Waals surface area contributed by atoms with Gasteiger partial charge in [-0.3, -0.25) is 14.9 Å². The second-order valence-electron chi connectivity index (χ2n) is 8.11. The third kappa shape index (κ3) is 6.03. The van der Waals surface area contributed by atoms with Gasteiger partial charge in [-0.05, 0) is 12.1 Å². The van der Waals surface area contributed by atoms with Crippen molar-refractivity contribution in [2.45, 2.75) is 68.3 Å².